The van der Waals surface area contributed by atoms with Gasteiger partial charge in [-0.05, 0) is 20.0 Å². The normalized spacial score (nSPS) is 14.0. The molecule has 10 heavy (non-hydrogen) atoms. The van der Waals surface area contributed by atoms with Gasteiger partial charge in [-0.15, -0.1) is 0 Å². The summed E-state index contributed by atoms with van der Waals surface area (Å²) in [6.45, 7) is 3.79. The van der Waals surface area contributed by atoms with Gasteiger partial charge in [-0.2, -0.15) is 0 Å². The average Bonchev–Trinajstić information content (AvgIpc) is 1.85. The quantitative estimate of drug-likeness (QED) is 0.605. The van der Waals surface area contributed by atoms with Crippen LogP contribution in [0.4, 0.5) is 0 Å². The van der Waals surface area contributed by atoms with Crippen molar-refractivity contribution >= 4 is 11.1 Å². The zero-order valence-corrected chi connectivity index (χ0v) is 7.36. The third-order valence-electron chi connectivity index (χ3n) is 1.25. The SMILES string of the molecule is CCCN(C)CCS(=O)O. The van der Waals surface area contributed by atoms with Gasteiger partial charge in [0.2, 0.25) is 0 Å². The lowest BCUT2D eigenvalue weighted by Crippen LogP contribution is -2.24. The minimum Gasteiger partial charge on any atom is -0.306 e. The molecule has 0 amide bonds. The van der Waals surface area contributed by atoms with E-state index >= 15 is 0 Å². The summed E-state index contributed by atoms with van der Waals surface area (Å²) in [6, 6.07) is 0. The smallest absolute Gasteiger partial charge is 0.154 e. The molecular formula is C6H15NO2S. The fourth-order valence-electron chi connectivity index (χ4n) is 0.727. The van der Waals surface area contributed by atoms with Gasteiger partial charge in [0.15, 0.2) is 11.1 Å². The average molecular weight is 165 g/mol. The van der Waals surface area contributed by atoms with E-state index in [9.17, 15) is 4.21 Å². The standard InChI is InChI=1S/C6H15NO2S/c1-3-4-7(2)5-6-10(8)9/h3-6H2,1-2H3,(H,8,9). The Hall–Kier alpha value is 0.0700. The van der Waals surface area contributed by atoms with E-state index in [2.05, 4.69) is 6.92 Å². The first-order chi connectivity index (χ1) is 4.66. The summed E-state index contributed by atoms with van der Waals surface area (Å²) in [6.07, 6.45) is 1.09. The van der Waals surface area contributed by atoms with E-state index in [4.69, 9.17) is 4.55 Å². The molecule has 0 aromatic rings. The molecule has 0 aliphatic carbocycles. The summed E-state index contributed by atoms with van der Waals surface area (Å²) in [4.78, 5) is 2.05. The molecular weight excluding hydrogens is 150 g/mol. The summed E-state index contributed by atoms with van der Waals surface area (Å²) >= 11 is -1.63. The van der Waals surface area contributed by atoms with E-state index in [1.165, 1.54) is 0 Å². The van der Waals surface area contributed by atoms with Crippen molar-refractivity contribution in [1.29, 1.82) is 0 Å². The Morgan fingerprint density at radius 3 is 2.50 bits per heavy atom. The van der Waals surface area contributed by atoms with Crippen LogP contribution in [-0.2, 0) is 11.1 Å². The van der Waals surface area contributed by atoms with Crippen LogP contribution in [0, 0.1) is 0 Å². The highest BCUT2D eigenvalue weighted by Crippen LogP contribution is 1.86. The second kappa shape index (κ2) is 5.82. The molecule has 4 heteroatoms. The molecule has 0 radical (unpaired) electrons. The van der Waals surface area contributed by atoms with E-state index in [-0.39, 0.29) is 0 Å². The van der Waals surface area contributed by atoms with Gasteiger partial charge in [-0.3, -0.25) is 0 Å². The van der Waals surface area contributed by atoms with Crippen molar-refractivity contribution < 1.29 is 8.76 Å². The third-order valence-corrected chi connectivity index (χ3v) is 1.78. The fraction of sp³-hybridized carbons (Fsp3) is 1.00. The van der Waals surface area contributed by atoms with Crippen LogP contribution < -0.4 is 0 Å². The lowest BCUT2D eigenvalue weighted by atomic mass is 10.4. The van der Waals surface area contributed by atoms with Crippen molar-refractivity contribution in [3.05, 3.63) is 0 Å². The summed E-state index contributed by atoms with van der Waals surface area (Å²) in [5.74, 6) is 0.358. The Morgan fingerprint density at radius 1 is 1.50 bits per heavy atom. The molecule has 0 bridgehead atoms. The molecule has 1 atom stereocenters. The maximum atomic E-state index is 10.2. The molecule has 0 aliphatic rings. The molecule has 0 aromatic heterocycles. The van der Waals surface area contributed by atoms with Crippen LogP contribution in [0.5, 0.6) is 0 Å². The van der Waals surface area contributed by atoms with E-state index < -0.39 is 11.1 Å². The van der Waals surface area contributed by atoms with Crippen molar-refractivity contribution in [2.24, 2.45) is 0 Å². The van der Waals surface area contributed by atoms with E-state index in [0.717, 1.165) is 13.0 Å². The monoisotopic (exact) mass is 165 g/mol. The zero-order valence-electron chi connectivity index (χ0n) is 6.54. The molecule has 1 N–H and O–H groups in total. The Kier molecular flexibility index (Phi) is 5.87. The van der Waals surface area contributed by atoms with E-state index in [0.29, 0.717) is 12.3 Å². The Bertz CT molecular complexity index is 108. The molecule has 62 valence electrons. The first-order valence-electron chi connectivity index (χ1n) is 3.42. The van der Waals surface area contributed by atoms with E-state index in [1.54, 1.807) is 0 Å². The van der Waals surface area contributed by atoms with Crippen LogP contribution in [0.1, 0.15) is 13.3 Å². The van der Waals surface area contributed by atoms with Crippen molar-refractivity contribution in [2.45, 2.75) is 13.3 Å². The number of hydrogen-bond donors (Lipinski definition) is 1. The highest BCUT2D eigenvalue weighted by atomic mass is 32.2. The molecule has 0 rings (SSSR count). The second-order valence-corrected chi connectivity index (χ2v) is 3.38. The minimum atomic E-state index is -1.63. The Labute approximate surface area is 64.7 Å². The minimum absolute atomic E-state index is 0.358. The molecule has 0 aliphatic heterocycles. The lowest BCUT2D eigenvalue weighted by Gasteiger charge is -2.12. The highest BCUT2D eigenvalue weighted by Gasteiger charge is 1.97. The maximum absolute atomic E-state index is 10.2. The van der Waals surface area contributed by atoms with Crippen molar-refractivity contribution in [3.63, 3.8) is 0 Å². The van der Waals surface area contributed by atoms with Gasteiger partial charge in [0, 0.05) is 6.54 Å². The van der Waals surface area contributed by atoms with E-state index in [1.807, 2.05) is 11.9 Å². The molecule has 0 aromatic carbocycles. The highest BCUT2D eigenvalue weighted by molar-refractivity contribution is 7.79. The topological polar surface area (TPSA) is 40.5 Å². The molecule has 3 nitrogen and oxygen atoms in total. The lowest BCUT2D eigenvalue weighted by molar-refractivity contribution is 0.353. The number of hydrogen-bond acceptors (Lipinski definition) is 2. The van der Waals surface area contributed by atoms with Crippen LogP contribution in [0.25, 0.3) is 0 Å². The van der Waals surface area contributed by atoms with Crippen molar-refractivity contribution in [3.8, 4) is 0 Å². The first-order valence-corrected chi connectivity index (χ1v) is 4.70. The molecule has 0 saturated carbocycles. The predicted octanol–water partition coefficient (Wildman–Crippen LogP) is 0.550. The summed E-state index contributed by atoms with van der Waals surface area (Å²) in [5, 5.41) is 0. The van der Waals surface area contributed by atoms with Crippen LogP contribution in [0.2, 0.25) is 0 Å². The van der Waals surface area contributed by atoms with Gasteiger partial charge in [-0.25, -0.2) is 4.21 Å². The van der Waals surface area contributed by atoms with Gasteiger partial charge in [0.25, 0.3) is 0 Å². The van der Waals surface area contributed by atoms with Crippen LogP contribution in [0.3, 0.4) is 0 Å². The predicted molar refractivity (Wildman–Crippen MR) is 43.4 cm³/mol. The fourth-order valence-corrected chi connectivity index (χ4v) is 1.20. The van der Waals surface area contributed by atoms with Gasteiger partial charge in [0.05, 0.1) is 5.75 Å². The number of rotatable bonds is 5. The van der Waals surface area contributed by atoms with Gasteiger partial charge in [0.1, 0.15) is 0 Å². The molecule has 0 saturated heterocycles. The second-order valence-electron chi connectivity index (χ2n) is 2.33. The maximum Gasteiger partial charge on any atom is 0.154 e. The molecule has 0 spiro atoms. The zero-order chi connectivity index (χ0) is 7.98. The molecule has 0 heterocycles. The third kappa shape index (κ3) is 6.19. The summed E-state index contributed by atoms with van der Waals surface area (Å²) < 4.78 is 18.6. The Morgan fingerprint density at radius 2 is 2.10 bits per heavy atom. The molecule has 1 unspecified atom stereocenters. The summed E-state index contributed by atoms with van der Waals surface area (Å²) in [5.41, 5.74) is 0. The summed E-state index contributed by atoms with van der Waals surface area (Å²) in [7, 11) is 1.95. The Balaban J connectivity index is 3.21. The molecule has 0 fully saturated rings. The van der Waals surface area contributed by atoms with Crippen molar-refractivity contribution in [2.75, 3.05) is 25.9 Å². The van der Waals surface area contributed by atoms with Gasteiger partial charge in [-0.1, -0.05) is 6.92 Å². The first kappa shape index (κ1) is 10.1. The van der Waals surface area contributed by atoms with Gasteiger partial charge >= 0.3 is 0 Å². The van der Waals surface area contributed by atoms with Gasteiger partial charge < -0.3 is 9.45 Å². The largest absolute Gasteiger partial charge is 0.306 e. The van der Waals surface area contributed by atoms with Crippen LogP contribution in [0.15, 0.2) is 0 Å². The van der Waals surface area contributed by atoms with Crippen molar-refractivity contribution in [1.82, 2.24) is 4.90 Å². The van der Waals surface area contributed by atoms with Crippen LogP contribution in [-0.4, -0.2) is 39.6 Å². The number of nitrogens with zero attached hydrogens (tertiary/aromatic N) is 1. The van der Waals surface area contributed by atoms with Crippen LogP contribution >= 0.6 is 0 Å².